The molecule has 0 aliphatic carbocycles. The van der Waals surface area contributed by atoms with E-state index in [0.29, 0.717) is 0 Å². The van der Waals surface area contributed by atoms with Crippen LogP contribution < -0.4 is 4.90 Å². The molecule has 0 unspecified atom stereocenters. The summed E-state index contributed by atoms with van der Waals surface area (Å²) in [7, 11) is 0. The molecule has 2 nitrogen and oxygen atoms in total. The Morgan fingerprint density at radius 2 is 0.923 bits per heavy atom. The van der Waals surface area contributed by atoms with Gasteiger partial charge in [-0.2, -0.15) is 0 Å². The van der Waals surface area contributed by atoms with Crippen molar-refractivity contribution in [2.75, 3.05) is 4.90 Å². The number of aromatic nitrogens is 1. The molecule has 0 saturated carbocycles. The fourth-order valence-corrected chi connectivity index (χ4v) is 8.01. The van der Waals surface area contributed by atoms with Gasteiger partial charge in [-0.05, 0) is 86.8 Å². The van der Waals surface area contributed by atoms with Crippen molar-refractivity contribution in [3.63, 3.8) is 0 Å². The summed E-state index contributed by atoms with van der Waals surface area (Å²) < 4.78 is 2.43. The van der Waals surface area contributed by atoms with Crippen LogP contribution in [-0.2, 0) is 0 Å². The molecule has 0 aliphatic rings. The van der Waals surface area contributed by atoms with Gasteiger partial charge in [0, 0.05) is 33.4 Å². The van der Waals surface area contributed by atoms with E-state index >= 15 is 0 Å². The Morgan fingerprint density at radius 1 is 0.346 bits per heavy atom. The number of nitrogens with zero attached hydrogens (tertiary/aromatic N) is 2. The molecule has 10 aromatic rings. The van der Waals surface area contributed by atoms with Gasteiger partial charge in [-0.15, -0.1) is 0 Å². The lowest BCUT2D eigenvalue weighted by Gasteiger charge is -2.28. The number of benzene rings is 9. The average Bonchev–Trinajstić information content (AvgIpc) is 3.56. The third kappa shape index (κ3) is 4.96. The lowest BCUT2D eigenvalue weighted by atomic mass is 9.98. The Balaban J connectivity index is 1.27. The second-order valence-corrected chi connectivity index (χ2v) is 13.3. The Labute approximate surface area is 303 Å². The van der Waals surface area contributed by atoms with Crippen molar-refractivity contribution in [2.45, 2.75) is 0 Å². The van der Waals surface area contributed by atoms with Gasteiger partial charge < -0.3 is 9.47 Å². The molecule has 0 saturated heterocycles. The summed E-state index contributed by atoms with van der Waals surface area (Å²) in [5.74, 6) is 0. The molecule has 1 aromatic heterocycles. The molecular formula is C50H34N2. The fraction of sp³-hybridized carbons (Fsp3) is 0. The molecule has 0 N–H and O–H groups in total. The third-order valence-electron chi connectivity index (χ3n) is 10.3. The molecule has 0 spiro atoms. The lowest BCUT2D eigenvalue weighted by Crippen LogP contribution is -2.11. The van der Waals surface area contributed by atoms with Crippen LogP contribution in [0.15, 0.2) is 206 Å². The van der Waals surface area contributed by atoms with Crippen LogP contribution in [0, 0.1) is 0 Å². The fourth-order valence-electron chi connectivity index (χ4n) is 8.01. The smallest absolute Gasteiger partial charge is 0.0562 e. The summed E-state index contributed by atoms with van der Waals surface area (Å²) in [4.78, 5) is 2.43. The summed E-state index contributed by atoms with van der Waals surface area (Å²) >= 11 is 0. The minimum atomic E-state index is 1.09. The molecule has 0 radical (unpaired) electrons. The normalized spacial score (nSPS) is 11.5. The van der Waals surface area contributed by atoms with E-state index in [1.54, 1.807) is 0 Å². The second kappa shape index (κ2) is 12.5. The van der Waals surface area contributed by atoms with E-state index in [4.69, 9.17) is 0 Å². The van der Waals surface area contributed by atoms with Crippen LogP contribution in [-0.4, -0.2) is 4.57 Å². The lowest BCUT2D eigenvalue weighted by molar-refractivity contribution is 1.18. The van der Waals surface area contributed by atoms with Crippen LogP contribution in [0.25, 0.3) is 71.3 Å². The summed E-state index contributed by atoms with van der Waals surface area (Å²) in [6, 6.07) is 74.7. The number of fused-ring (bicyclic) bond motifs is 6. The van der Waals surface area contributed by atoms with Gasteiger partial charge in [-0.3, -0.25) is 0 Å². The van der Waals surface area contributed by atoms with Crippen LogP contribution in [0.5, 0.6) is 0 Å². The molecule has 9 aromatic carbocycles. The van der Waals surface area contributed by atoms with Crippen molar-refractivity contribution in [1.82, 2.24) is 4.57 Å². The van der Waals surface area contributed by atoms with Crippen molar-refractivity contribution >= 4 is 60.4 Å². The molecule has 10 rings (SSSR count). The van der Waals surface area contributed by atoms with Gasteiger partial charge in [0.15, 0.2) is 0 Å². The van der Waals surface area contributed by atoms with Crippen LogP contribution in [0.3, 0.4) is 0 Å². The molecule has 244 valence electrons. The zero-order valence-electron chi connectivity index (χ0n) is 28.5. The van der Waals surface area contributed by atoms with E-state index in [9.17, 15) is 0 Å². The van der Waals surface area contributed by atoms with E-state index in [1.165, 1.54) is 60.1 Å². The van der Waals surface area contributed by atoms with Gasteiger partial charge in [0.05, 0.1) is 16.7 Å². The maximum Gasteiger partial charge on any atom is 0.0562 e. The van der Waals surface area contributed by atoms with E-state index in [0.717, 1.165) is 28.3 Å². The highest BCUT2D eigenvalue weighted by Crippen LogP contribution is 2.45. The standard InChI is InChI=1S/C50H34N2/c1-4-15-35(16-5-1)44-23-12-13-25-47(44)51(40-29-31-43-38(33-40)28-27-37-19-10-11-22-42(37)43)41-30-32-46-49(34-41)52(39-20-8-3-9-21-39)48-26-14-24-45(50(46)48)36-17-6-2-7-18-36/h1-34H. The largest absolute Gasteiger partial charge is 0.310 e. The van der Waals surface area contributed by atoms with Gasteiger partial charge in [0.2, 0.25) is 0 Å². The van der Waals surface area contributed by atoms with Gasteiger partial charge in [-0.25, -0.2) is 0 Å². The number of anilines is 3. The summed E-state index contributed by atoms with van der Waals surface area (Å²) in [5.41, 5.74) is 11.6. The number of hydrogen-bond acceptors (Lipinski definition) is 1. The minimum Gasteiger partial charge on any atom is -0.310 e. The zero-order chi connectivity index (χ0) is 34.4. The number of para-hydroxylation sites is 2. The van der Waals surface area contributed by atoms with E-state index < -0.39 is 0 Å². The third-order valence-corrected chi connectivity index (χ3v) is 10.3. The molecule has 0 aliphatic heterocycles. The molecule has 0 bridgehead atoms. The van der Waals surface area contributed by atoms with Gasteiger partial charge in [-0.1, -0.05) is 158 Å². The van der Waals surface area contributed by atoms with Crippen molar-refractivity contribution in [1.29, 1.82) is 0 Å². The SMILES string of the molecule is c1ccc(-c2ccccc2N(c2ccc3c(ccc4ccccc43)c2)c2ccc3c4c(-c5ccccc5)cccc4n(-c4ccccc4)c3c2)cc1. The predicted molar refractivity (Wildman–Crippen MR) is 221 cm³/mol. The van der Waals surface area contributed by atoms with E-state index in [-0.39, 0.29) is 0 Å². The van der Waals surface area contributed by atoms with Crippen molar-refractivity contribution in [3.8, 4) is 27.9 Å². The Hall–Kier alpha value is -6.90. The Kier molecular flexibility index (Phi) is 7.18. The molecular weight excluding hydrogens is 629 g/mol. The highest BCUT2D eigenvalue weighted by Gasteiger charge is 2.21. The van der Waals surface area contributed by atoms with Gasteiger partial charge in [0.25, 0.3) is 0 Å². The van der Waals surface area contributed by atoms with Crippen LogP contribution in [0.2, 0.25) is 0 Å². The number of rotatable bonds is 6. The summed E-state index contributed by atoms with van der Waals surface area (Å²) in [6.45, 7) is 0. The Bertz CT molecular complexity index is 2890. The van der Waals surface area contributed by atoms with Crippen molar-refractivity contribution < 1.29 is 0 Å². The van der Waals surface area contributed by atoms with Crippen LogP contribution >= 0.6 is 0 Å². The first-order chi connectivity index (χ1) is 25.8. The average molecular weight is 663 g/mol. The van der Waals surface area contributed by atoms with Crippen LogP contribution in [0.1, 0.15) is 0 Å². The quantitative estimate of drug-likeness (QED) is 0.161. The predicted octanol–water partition coefficient (Wildman–Crippen LogP) is 13.9. The highest BCUT2D eigenvalue weighted by atomic mass is 15.1. The molecule has 0 fully saturated rings. The molecule has 2 heteroatoms. The molecule has 52 heavy (non-hydrogen) atoms. The maximum absolute atomic E-state index is 2.43. The first-order valence-corrected chi connectivity index (χ1v) is 17.9. The van der Waals surface area contributed by atoms with Gasteiger partial charge in [0.1, 0.15) is 0 Å². The van der Waals surface area contributed by atoms with Crippen LogP contribution in [0.4, 0.5) is 17.1 Å². The first-order valence-electron chi connectivity index (χ1n) is 17.9. The zero-order valence-corrected chi connectivity index (χ0v) is 28.5. The minimum absolute atomic E-state index is 1.09. The summed E-state index contributed by atoms with van der Waals surface area (Å²) in [6.07, 6.45) is 0. The Morgan fingerprint density at radius 3 is 1.71 bits per heavy atom. The maximum atomic E-state index is 2.43. The number of hydrogen-bond donors (Lipinski definition) is 0. The molecule has 1 heterocycles. The van der Waals surface area contributed by atoms with Crippen molar-refractivity contribution in [3.05, 3.63) is 206 Å². The monoisotopic (exact) mass is 662 g/mol. The van der Waals surface area contributed by atoms with E-state index in [2.05, 4.69) is 216 Å². The van der Waals surface area contributed by atoms with E-state index in [1.807, 2.05) is 0 Å². The molecule has 0 atom stereocenters. The summed E-state index contributed by atoms with van der Waals surface area (Å²) in [5, 5.41) is 7.47. The van der Waals surface area contributed by atoms with Crippen molar-refractivity contribution in [2.24, 2.45) is 0 Å². The highest BCUT2D eigenvalue weighted by molar-refractivity contribution is 6.17. The topological polar surface area (TPSA) is 8.17 Å². The first kappa shape index (κ1) is 30.0. The van der Waals surface area contributed by atoms with Gasteiger partial charge >= 0.3 is 0 Å². The molecule has 0 amide bonds. The second-order valence-electron chi connectivity index (χ2n) is 13.3.